The molecule has 0 spiro atoms. The summed E-state index contributed by atoms with van der Waals surface area (Å²) in [6.45, 7) is 12.0. The van der Waals surface area contributed by atoms with Gasteiger partial charge in [-0.3, -0.25) is 4.79 Å². The first-order chi connectivity index (χ1) is 10.1. The number of carbonyl (C=O) groups excluding carboxylic acids is 2. The molecule has 0 rings (SSSR count). The third-order valence-electron chi connectivity index (χ3n) is 2.89. The lowest BCUT2D eigenvalue weighted by Crippen LogP contribution is -2.48. The number of rotatable bonds is 7. The van der Waals surface area contributed by atoms with Crippen molar-refractivity contribution in [1.82, 2.24) is 10.2 Å². The van der Waals surface area contributed by atoms with Gasteiger partial charge in [-0.25, -0.2) is 4.79 Å². The topological polar surface area (TPSA) is 82.4 Å². The first-order valence-electron chi connectivity index (χ1n) is 7.72. The summed E-state index contributed by atoms with van der Waals surface area (Å²) in [5.74, 6) is 0.272. The third kappa shape index (κ3) is 9.22. The van der Waals surface area contributed by atoms with E-state index < -0.39 is 17.7 Å². The summed E-state index contributed by atoms with van der Waals surface area (Å²) in [6, 6.07) is 1.37. The van der Waals surface area contributed by atoms with Crippen LogP contribution >= 0.6 is 0 Å². The first-order valence-corrected chi connectivity index (χ1v) is 7.72. The molecule has 0 aromatic heterocycles. The molecular weight excluding hydrogens is 282 g/mol. The van der Waals surface area contributed by atoms with Crippen molar-refractivity contribution in [2.75, 3.05) is 13.1 Å². The van der Waals surface area contributed by atoms with E-state index in [-0.39, 0.29) is 12.3 Å². The maximum absolute atomic E-state index is 12.4. The average Bonchev–Trinajstić information content (AvgIpc) is 2.35. The van der Waals surface area contributed by atoms with Crippen molar-refractivity contribution in [3.63, 3.8) is 0 Å². The van der Waals surface area contributed by atoms with Crippen molar-refractivity contribution in [1.29, 1.82) is 5.26 Å². The van der Waals surface area contributed by atoms with Crippen LogP contribution in [-0.4, -0.2) is 41.6 Å². The van der Waals surface area contributed by atoms with Crippen LogP contribution in [0.2, 0.25) is 0 Å². The fourth-order valence-corrected chi connectivity index (χ4v) is 1.75. The van der Waals surface area contributed by atoms with Gasteiger partial charge in [0.1, 0.15) is 11.6 Å². The Hall–Kier alpha value is -1.77. The Morgan fingerprint density at radius 2 is 1.82 bits per heavy atom. The SMILES string of the molecule is CC(C)CCN(CCC#N)C(=O)[C@@H](C)NC(=O)OC(C)(C)C. The number of ether oxygens (including phenoxy) is 1. The van der Waals surface area contributed by atoms with Crippen molar-refractivity contribution in [3.8, 4) is 6.07 Å². The highest BCUT2D eigenvalue weighted by Gasteiger charge is 2.24. The van der Waals surface area contributed by atoms with E-state index in [0.29, 0.717) is 19.0 Å². The lowest BCUT2D eigenvalue weighted by atomic mass is 10.1. The first kappa shape index (κ1) is 20.2. The zero-order valence-electron chi connectivity index (χ0n) is 14.6. The maximum atomic E-state index is 12.4. The van der Waals surface area contributed by atoms with Crippen LogP contribution in [0.1, 0.15) is 54.4 Å². The number of amides is 2. The number of carbonyl (C=O) groups is 2. The Kier molecular flexibility index (Phi) is 8.54. The molecule has 0 fully saturated rings. The monoisotopic (exact) mass is 311 g/mol. The average molecular weight is 311 g/mol. The second-order valence-electron chi connectivity index (χ2n) is 6.78. The van der Waals surface area contributed by atoms with Gasteiger partial charge in [0.05, 0.1) is 12.5 Å². The summed E-state index contributed by atoms with van der Waals surface area (Å²) in [7, 11) is 0. The number of nitrogens with zero attached hydrogens (tertiary/aromatic N) is 2. The van der Waals surface area contributed by atoms with Crippen molar-refractivity contribution in [2.24, 2.45) is 5.92 Å². The normalized spacial score (nSPS) is 12.5. The van der Waals surface area contributed by atoms with E-state index in [2.05, 4.69) is 19.2 Å². The molecule has 0 heterocycles. The summed E-state index contributed by atoms with van der Waals surface area (Å²) in [4.78, 5) is 25.8. The van der Waals surface area contributed by atoms with Gasteiger partial charge in [0.2, 0.25) is 5.91 Å². The van der Waals surface area contributed by atoms with E-state index in [0.717, 1.165) is 6.42 Å². The highest BCUT2D eigenvalue weighted by molar-refractivity contribution is 5.85. The van der Waals surface area contributed by atoms with Crippen molar-refractivity contribution in [2.45, 2.75) is 66.0 Å². The molecule has 0 aromatic carbocycles. The van der Waals surface area contributed by atoms with E-state index in [1.54, 1.807) is 32.6 Å². The summed E-state index contributed by atoms with van der Waals surface area (Å²) < 4.78 is 5.14. The third-order valence-corrected chi connectivity index (χ3v) is 2.89. The second-order valence-corrected chi connectivity index (χ2v) is 6.78. The van der Waals surface area contributed by atoms with Crippen LogP contribution in [0.5, 0.6) is 0 Å². The molecule has 1 N–H and O–H groups in total. The second kappa shape index (κ2) is 9.29. The minimum atomic E-state index is -0.680. The number of nitriles is 1. The van der Waals surface area contributed by atoms with Gasteiger partial charge in [-0.2, -0.15) is 5.26 Å². The zero-order valence-corrected chi connectivity index (χ0v) is 14.6. The van der Waals surface area contributed by atoms with Gasteiger partial charge in [0.15, 0.2) is 0 Å². The standard InChI is InChI=1S/C16H29N3O3/c1-12(2)8-11-19(10-7-9-17)14(20)13(3)18-15(21)22-16(4,5)6/h12-13H,7-8,10-11H2,1-6H3,(H,18,21)/t13-/m1/s1. The van der Waals surface area contributed by atoms with Gasteiger partial charge < -0.3 is 15.0 Å². The number of hydrogen-bond acceptors (Lipinski definition) is 4. The van der Waals surface area contributed by atoms with E-state index in [1.165, 1.54) is 0 Å². The minimum Gasteiger partial charge on any atom is -0.444 e. The summed E-state index contributed by atoms with van der Waals surface area (Å²) in [6.07, 6.45) is 0.525. The highest BCUT2D eigenvalue weighted by Crippen LogP contribution is 2.08. The summed E-state index contributed by atoms with van der Waals surface area (Å²) >= 11 is 0. The van der Waals surface area contributed by atoms with Crippen LogP contribution in [0, 0.1) is 17.2 Å². The summed E-state index contributed by atoms with van der Waals surface area (Å²) in [5, 5.41) is 11.3. The molecule has 0 radical (unpaired) electrons. The highest BCUT2D eigenvalue weighted by atomic mass is 16.6. The minimum absolute atomic E-state index is 0.193. The molecule has 22 heavy (non-hydrogen) atoms. The maximum Gasteiger partial charge on any atom is 0.408 e. The van der Waals surface area contributed by atoms with Gasteiger partial charge in [0.25, 0.3) is 0 Å². The van der Waals surface area contributed by atoms with Gasteiger partial charge in [-0.15, -0.1) is 0 Å². The fourth-order valence-electron chi connectivity index (χ4n) is 1.75. The van der Waals surface area contributed by atoms with Gasteiger partial charge in [0, 0.05) is 13.1 Å². The number of nitrogens with one attached hydrogen (secondary N) is 1. The van der Waals surface area contributed by atoms with Crippen LogP contribution in [0.25, 0.3) is 0 Å². The van der Waals surface area contributed by atoms with Crippen LogP contribution in [0.4, 0.5) is 4.79 Å². The largest absolute Gasteiger partial charge is 0.444 e. The zero-order chi connectivity index (χ0) is 17.3. The molecular formula is C16H29N3O3. The Morgan fingerprint density at radius 3 is 2.27 bits per heavy atom. The Morgan fingerprint density at radius 1 is 1.23 bits per heavy atom. The van der Waals surface area contributed by atoms with Crippen molar-refractivity contribution >= 4 is 12.0 Å². The lowest BCUT2D eigenvalue weighted by Gasteiger charge is -2.27. The quantitative estimate of drug-likeness (QED) is 0.783. The van der Waals surface area contributed by atoms with Crippen molar-refractivity contribution < 1.29 is 14.3 Å². The molecule has 0 aliphatic heterocycles. The van der Waals surface area contributed by atoms with E-state index in [9.17, 15) is 9.59 Å². The molecule has 1 atom stereocenters. The fraction of sp³-hybridized carbons (Fsp3) is 0.812. The molecule has 0 aromatic rings. The van der Waals surface area contributed by atoms with E-state index in [1.807, 2.05) is 6.07 Å². The van der Waals surface area contributed by atoms with E-state index >= 15 is 0 Å². The lowest BCUT2D eigenvalue weighted by molar-refractivity contribution is -0.133. The van der Waals surface area contributed by atoms with Crippen LogP contribution < -0.4 is 5.32 Å². The molecule has 0 saturated carbocycles. The molecule has 0 saturated heterocycles. The molecule has 6 heteroatoms. The van der Waals surface area contributed by atoms with Gasteiger partial charge in [-0.1, -0.05) is 13.8 Å². The van der Waals surface area contributed by atoms with Gasteiger partial charge in [-0.05, 0) is 40.0 Å². The predicted octanol–water partition coefficient (Wildman–Crippen LogP) is 2.69. The Balaban J connectivity index is 4.62. The smallest absolute Gasteiger partial charge is 0.408 e. The van der Waals surface area contributed by atoms with Crippen LogP contribution in [0.3, 0.4) is 0 Å². The molecule has 0 aliphatic carbocycles. The Labute approximate surface area is 133 Å². The molecule has 6 nitrogen and oxygen atoms in total. The summed E-state index contributed by atoms with van der Waals surface area (Å²) in [5.41, 5.74) is -0.606. The molecule has 0 bridgehead atoms. The molecule has 0 unspecified atom stereocenters. The number of alkyl carbamates (subject to hydrolysis) is 1. The van der Waals surface area contributed by atoms with Crippen LogP contribution in [0.15, 0.2) is 0 Å². The Bertz CT molecular complexity index is 408. The number of hydrogen-bond donors (Lipinski definition) is 1. The predicted molar refractivity (Wildman–Crippen MR) is 85.1 cm³/mol. The van der Waals surface area contributed by atoms with E-state index in [4.69, 9.17) is 10.00 Å². The molecule has 126 valence electrons. The van der Waals surface area contributed by atoms with Gasteiger partial charge >= 0.3 is 6.09 Å². The molecule has 0 aliphatic rings. The van der Waals surface area contributed by atoms with Crippen molar-refractivity contribution in [3.05, 3.63) is 0 Å². The van der Waals surface area contributed by atoms with Crippen LogP contribution in [-0.2, 0) is 9.53 Å². The molecule has 2 amide bonds.